The monoisotopic (exact) mass is 630 g/mol. The summed E-state index contributed by atoms with van der Waals surface area (Å²) in [5, 5.41) is 0. The highest BCUT2D eigenvalue weighted by Gasteiger charge is 2.15. The third-order valence-corrected chi connectivity index (χ3v) is 8.30. The molecule has 0 N–H and O–H groups in total. The van der Waals surface area contributed by atoms with E-state index in [4.69, 9.17) is 15.0 Å². The first kappa shape index (κ1) is 31.1. The predicted octanol–water partition coefficient (Wildman–Crippen LogP) is 11.2. The molecule has 234 valence electrons. The van der Waals surface area contributed by atoms with Crippen LogP contribution >= 0.6 is 0 Å². The highest BCUT2D eigenvalue weighted by atomic mass is 15.0. The largest absolute Gasteiger partial charge is 0.273 e. The summed E-state index contributed by atoms with van der Waals surface area (Å²) in [6.45, 7) is 3.48. The van der Waals surface area contributed by atoms with Crippen LogP contribution in [0.2, 0.25) is 0 Å². The van der Waals surface area contributed by atoms with Gasteiger partial charge < -0.3 is 0 Å². The molecule has 0 unspecified atom stereocenters. The lowest BCUT2D eigenvalue weighted by molar-refractivity contribution is 1.07. The molecular formula is C45H34N4. The number of hydrogen-bond donors (Lipinski definition) is 0. The number of benzene rings is 6. The second-order valence-corrected chi connectivity index (χ2v) is 11.6. The van der Waals surface area contributed by atoms with E-state index in [2.05, 4.69) is 109 Å². The third-order valence-electron chi connectivity index (χ3n) is 8.30. The summed E-state index contributed by atoms with van der Waals surface area (Å²) in [5.41, 5.74) is 10.8. The van der Waals surface area contributed by atoms with E-state index in [9.17, 15) is 0 Å². The molecule has 6 aromatic carbocycles. The smallest absolute Gasteiger partial charge is 0.164 e. The molecule has 0 saturated heterocycles. The molecule has 0 spiro atoms. The molecule has 0 amide bonds. The zero-order valence-corrected chi connectivity index (χ0v) is 27.0. The van der Waals surface area contributed by atoms with Gasteiger partial charge >= 0.3 is 0 Å². The minimum Gasteiger partial charge on any atom is -0.273 e. The van der Waals surface area contributed by atoms with Gasteiger partial charge in [0.1, 0.15) is 0 Å². The normalized spacial score (nSPS) is 11.3. The molecule has 4 nitrogen and oxygen atoms in total. The number of aromatic nitrogens is 3. The van der Waals surface area contributed by atoms with E-state index in [1.54, 1.807) is 6.20 Å². The van der Waals surface area contributed by atoms with Gasteiger partial charge in [-0.05, 0) is 76.4 Å². The van der Waals surface area contributed by atoms with Crippen LogP contribution < -0.4 is 0 Å². The van der Waals surface area contributed by atoms with Crippen LogP contribution in [0.4, 0.5) is 0 Å². The van der Waals surface area contributed by atoms with Gasteiger partial charge in [0.2, 0.25) is 0 Å². The van der Waals surface area contributed by atoms with E-state index in [1.807, 2.05) is 78.9 Å². The van der Waals surface area contributed by atoms with E-state index < -0.39 is 0 Å². The average molecular weight is 631 g/mol. The van der Waals surface area contributed by atoms with Crippen molar-refractivity contribution in [1.82, 2.24) is 15.0 Å². The molecule has 0 bridgehead atoms. The number of rotatable bonds is 10. The fraction of sp³-hybridized carbons (Fsp3) is 0.0222. The number of aliphatic imine (C=N–C) groups is 1. The van der Waals surface area contributed by atoms with Gasteiger partial charge in [0, 0.05) is 22.9 Å². The Morgan fingerprint density at radius 3 is 1.29 bits per heavy atom. The van der Waals surface area contributed by atoms with Gasteiger partial charge in [-0.1, -0.05) is 152 Å². The van der Waals surface area contributed by atoms with Gasteiger partial charge in [-0.15, -0.1) is 0 Å². The number of allylic oxidation sites excluding steroid dienone is 3. The topological polar surface area (TPSA) is 51.0 Å². The lowest BCUT2D eigenvalue weighted by Crippen LogP contribution is -2.00. The summed E-state index contributed by atoms with van der Waals surface area (Å²) in [7, 11) is 0. The fourth-order valence-electron chi connectivity index (χ4n) is 5.74. The molecule has 1 heterocycles. The van der Waals surface area contributed by atoms with Crippen LogP contribution in [0, 0.1) is 0 Å². The highest BCUT2D eigenvalue weighted by molar-refractivity contribution is 5.81. The number of nitrogens with zero attached hydrogens (tertiary/aromatic N) is 4. The van der Waals surface area contributed by atoms with Crippen LogP contribution in [0.15, 0.2) is 187 Å². The van der Waals surface area contributed by atoms with Crippen molar-refractivity contribution in [2.75, 3.05) is 0 Å². The Bertz CT molecular complexity index is 2160. The van der Waals surface area contributed by atoms with Crippen molar-refractivity contribution in [1.29, 1.82) is 0 Å². The molecular weight excluding hydrogens is 597 g/mol. The Hall–Kier alpha value is -6.52. The molecule has 7 rings (SSSR count). The first-order valence-corrected chi connectivity index (χ1v) is 16.3. The second-order valence-electron chi connectivity index (χ2n) is 11.6. The maximum atomic E-state index is 5.05. The highest BCUT2D eigenvalue weighted by Crippen LogP contribution is 2.34. The van der Waals surface area contributed by atoms with Gasteiger partial charge in [-0.25, -0.2) is 15.0 Å². The maximum absolute atomic E-state index is 5.05. The van der Waals surface area contributed by atoms with E-state index in [0.29, 0.717) is 17.5 Å². The summed E-state index contributed by atoms with van der Waals surface area (Å²) in [5.74, 6) is 1.90. The van der Waals surface area contributed by atoms with E-state index in [1.165, 1.54) is 16.7 Å². The standard InChI is InChI=1S/C45H34N4/c1-46-29-13-5-6-14-33-21-23-36(24-22-33)40-30-41(37-27-25-35(26-28-37)34-15-7-2-8-16-34)32-42(31-40)45-48-43(38-17-9-3-10-18-38)47-44(49-45)39-19-11-4-12-20-39/h2-13,15-32H,1,14H2/b6-5-,29-13-. The minimum absolute atomic E-state index is 0.625. The predicted molar refractivity (Wildman–Crippen MR) is 204 cm³/mol. The molecule has 7 aromatic rings. The van der Waals surface area contributed by atoms with Gasteiger partial charge in [-0.3, -0.25) is 4.99 Å². The summed E-state index contributed by atoms with van der Waals surface area (Å²) >= 11 is 0. The molecule has 1 aromatic heterocycles. The SMILES string of the molecule is C=N/C=C\C=C/Cc1ccc(-c2cc(-c3ccc(-c4ccccc4)cc3)cc(-c3nc(-c4ccccc4)nc(-c4ccccc4)n3)c2)cc1. The molecule has 49 heavy (non-hydrogen) atoms. The Labute approximate surface area is 287 Å². The first-order chi connectivity index (χ1) is 24.2. The van der Waals surface area contributed by atoms with Crippen LogP contribution in [0.3, 0.4) is 0 Å². The van der Waals surface area contributed by atoms with Crippen LogP contribution in [0.25, 0.3) is 67.5 Å². The molecule has 4 heteroatoms. The second kappa shape index (κ2) is 14.9. The van der Waals surface area contributed by atoms with Crippen molar-refractivity contribution in [2.45, 2.75) is 6.42 Å². The van der Waals surface area contributed by atoms with Crippen molar-refractivity contribution < 1.29 is 0 Å². The van der Waals surface area contributed by atoms with Crippen LogP contribution in [0.5, 0.6) is 0 Å². The molecule has 0 fully saturated rings. The Balaban J connectivity index is 1.34. The molecule has 0 aliphatic carbocycles. The lowest BCUT2D eigenvalue weighted by Gasteiger charge is -2.13. The quantitative estimate of drug-likeness (QED) is 0.112. The van der Waals surface area contributed by atoms with Crippen molar-refractivity contribution in [3.05, 3.63) is 188 Å². The summed E-state index contributed by atoms with van der Waals surface area (Å²) in [6.07, 6.45) is 8.50. The molecule has 0 aliphatic rings. The van der Waals surface area contributed by atoms with Gasteiger partial charge in [0.25, 0.3) is 0 Å². The Morgan fingerprint density at radius 1 is 0.408 bits per heavy atom. The van der Waals surface area contributed by atoms with Crippen molar-refractivity contribution >= 4 is 6.72 Å². The molecule has 0 aliphatic heterocycles. The zero-order valence-electron chi connectivity index (χ0n) is 27.0. The molecule has 0 radical (unpaired) electrons. The molecule has 0 atom stereocenters. The van der Waals surface area contributed by atoms with E-state index >= 15 is 0 Å². The third kappa shape index (κ3) is 7.56. The Morgan fingerprint density at radius 2 is 0.796 bits per heavy atom. The number of hydrogen-bond acceptors (Lipinski definition) is 4. The van der Waals surface area contributed by atoms with Crippen LogP contribution in [-0.2, 0) is 6.42 Å². The first-order valence-electron chi connectivity index (χ1n) is 16.3. The van der Waals surface area contributed by atoms with Gasteiger partial charge in [0.15, 0.2) is 17.5 Å². The lowest BCUT2D eigenvalue weighted by atomic mass is 9.94. The summed E-state index contributed by atoms with van der Waals surface area (Å²) in [4.78, 5) is 18.7. The van der Waals surface area contributed by atoms with Crippen molar-refractivity contribution in [3.63, 3.8) is 0 Å². The maximum Gasteiger partial charge on any atom is 0.164 e. The van der Waals surface area contributed by atoms with Gasteiger partial charge in [0.05, 0.1) is 0 Å². The van der Waals surface area contributed by atoms with Crippen molar-refractivity contribution in [2.24, 2.45) is 4.99 Å². The van der Waals surface area contributed by atoms with Gasteiger partial charge in [-0.2, -0.15) is 0 Å². The van der Waals surface area contributed by atoms with Crippen molar-refractivity contribution in [3.8, 4) is 67.5 Å². The van der Waals surface area contributed by atoms with E-state index in [-0.39, 0.29) is 0 Å². The summed E-state index contributed by atoms with van der Waals surface area (Å²) < 4.78 is 0. The average Bonchev–Trinajstić information content (AvgIpc) is 3.19. The molecule has 0 saturated carbocycles. The summed E-state index contributed by atoms with van der Waals surface area (Å²) in [6, 6.07) is 54.7. The van der Waals surface area contributed by atoms with E-state index in [0.717, 1.165) is 45.4 Å². The van der Waals surface area contributed by atoms with Crippen LogP contribution in [-0.4, -0.2) is 21.7 Å². The van der Waals surface area contributed by atoms with Crippen LogP contribution in [0.1, 0.15) is 5.56 Å². The fourth-order valence-corrected chi connectivity index (χ4v) is 5.74. The zero-order chi connectivity index (χ0) is 33.3. The minimum atomic E-state index is 0.625. The Kier molecular flexibility index (Phi) is 9.47.